The average Bonchev–Trinajstić information content (AvgIpc) is 2.16. The maximum atomic E-state index is 11.4. The van der Waals surface area contributed by atoms with E-state index in [1.54, 1.807) is 0 Å². The molecule has 0 aliphatic carbocycles. The van der Waals surface area contributed by atoms with Crippen LogP contribution in [0, 0.1) is 0 Å². The lowest BCUT2D eigenvalue weighted by atomic mass is 10.1. The topological polar surface area (TPSA) is 17.1 Å². The Labute approximate surface area is 94.8 Å². The zero-order chi connectivity index (χ0) is 9.84. The minimum absolute atomic E-state index is 0.174. The molecule has 1 nitrogen and oxygen atoms in total. The Hall–Kier alpha value is -0.150. The number of halogens is 2. The first kappa shape index (κ1) is 10.9. The van der Waals surface area contributed by atoms with Crippen molar-refractivity contribution >= 4 is 37.6 Å². The molecule has 1 rings (SSSR count). The SMILES string of the molecule is CCC(=O)c1ccc(CBr)cc1Br. The molecule has 0 amide bonds. The molecule has 70 valence electrons. The number of benzene rings is 1. The normalized spacial score (nSPS) is 10.1. The largest absolute Gasteiger partial charge is 0.294 e. The highest BCUT2D eigenvalue weighted by Gasteiger charge is 2.07. The van der Waals surface area contributed by atoms with E-state index in [9.17, 15) is 4.79 Å². The fourth-order valence-corrected chi connectivity index (χ4v) is 2.05. The van der Waals surface area contributed by atoms with Crippen molar-refractivity contribution in [3.8, 4) is 0 Å². The van der Waals surface area contributed by atoms with Crippen LogP contribution in [-0.2, 0) is 5.33 Å². The highest BCUT2D eigenvalue weighted by Crippen LogP contribution is 2.21. The molecule has 0 spiro atoms. The van der Waals surface area contributed by atoms with Gasteiger partial charge in [0.1, 0.15) is 0 Å². The molecule has 3 heteroatoms. The maximum absolute atomic E-state index is 11.4. The van der Waals surface area contributed by atoms with Gasteiger partial charge >= 0.3 is 0 Å². The van der Waals surface area contributed by atoms with Crippen molar-refractivity contribution in [1.82, 2.24) is 0 Å². The quantitative estimate of drug-likeness (QED) is 0.611. The van der Waals surface area contributed by atoms with Crippen LogP contribution in [0.1, 0.15) is 29.3 Å². The molecule has 0 unspecified atom stereocenters. The fourth-order valence-electron chi connectivity index (χ4n) is 1.06. The van der Waals surface area contributed by atoms with Crippen molar-refractivity contribution in [1.29, 1.82) is 0 Å². The Morgan fingerprint density at radius 1 is 1.46 bits per heavy atom. The molecule has 0 fully saturated rings. The summed E-state index contributed by atoms with van der Waals surface area (Å²) in [6, 6.07) is 5.80. The summed E-state index contributed by atoms with van der Waals surface area (Å²) in [6.45, 7) is 1.87. The van der Waals surface area contributed by atoms with Crippen LogP contribution < -0.4 is 0 Å². The number of ketones is 1. The van der Waals surface area contributed by atoms with Crippen LogP contribution in [0.4, 0.5) is 0 Å². The van der Waals surface area contributed by atoms with E-state index in [2.05, 4.69) is 31.9 Å². The number of carbonyl (C=O) groups excluding carboxylic acids is 1. The Balaban J connectivity index is 3.05. The molecule has 0 aliphatic rings. The van der Waals surface area contributed by atoms with Crippen LogP contribution in [0.15, 0.2) is 22.7 Å². The van der Waals surface area contributed by atoms with Crippen LogP contribution in [0.25, 0.3) is 0 Å². The number of Topliss-reactive ketones (excluding diaryl/α,β-unsaturated/α-hetero) is 1. The van der Waals surface area contributed by atoms with Crippen molar-refractivity contribution < 1.29 is 4.79 Å². The molecular weight excluding hydrogens is 296 g/mol. The molecule has 0 bridgehead atoms. The van der Waals surface area contributed by atoms with Gasteiger partial charge in [0.15, 0.2) is 5.78 Å². The van der Waals surface area contributed by atoms with Gasteiger partial charge in [-0.2, -0.15) is 0 Å². The summed E-state index contributed by atoms with van der Waals surface area (Å²) in [5.74, 6) is 0.174. The summed E-state index contributed by atoms with van der Waals surface area (Å²) in [7, 11) is 0. The summed E-state index contributed by atoms with van der Waals surface area (Å²) in [6.07, 6.45) is 0.548. The Kier molecular flexibility index (Phi) is 4.13. The molecule has 0 N–H and O–H groups in total. The summed E-state index contributed by atoms with van der Waals surface area (Å²) in [4.78, 5) is 11.4. The van der Waals surface area contributed by atoms with E-state index in [-0.39, 0.29) is 5.78 Å². The molecule has 0 radical (unpaired) electrons. The zero-order valence-corrected chi connectivity index (χ0v) is 10.5. The van der Waals surface area contributed by atoms with Gasteiger partial charge in [-0.15, -0.1) is 0 Å². The molecule has 0 heterocycles. The molecule has 0 atom stereocenters. The molecular formula is C10H10Br2O. The lowest BCUT2D eigenvalue weighted by Crippen LogP contribution is -1.98. The van der Waals surface area contributed by atoms with Crippen molar-refractivity contribution in [2.45, 2.75) is 18.7 Å². The molecule has 1 aromatic rings. The van der Waals surface area contributed by atoms with E-state index in [1.807, 2.05) is 25.1 Å². The van der Waals surface area contributed by atoms with Gasteiger partial charge < -0.3 is 0 Å². The van der Waals surface area contributed by atoms with Crippen molar-refractivity contribution in [3.05, 3.63) is 33.8 Å². The third-order valence-corrected chi connectivity index (χ3v) is 3.11. The second-order valence-corrected chi connectivity index (χ2v) is 4.14. The first-order valence-electron chi connectivity index (χ1n) is 4.06. The fraction of sp³-hybridized carbons (Fsp3) is 0.300. The molecule has 0 saturated heterocycles. The number of alkyl halides is 1. The lowest BCUT2D eigenvalue weighted by Gasteiger charge is -2.03. The highest BCUT2D eigenvalue weighted by atomic mass is 79.9. The Bertz CT molecular complexity index is 321. The van der Waals surface area contributed by atoms with E-state index in [1.165, 1.54) is 5.56 Å². The monoisotopic (exact) mass is 304 g/mol. The third kappa shape index (κ3) is 2.64. The van der Waals surface area contributed by atoms with E-state index in [0.717, 1.165) is 15.4 Å². The minimum Gasteiger partial charge on any atom is -0.294 e. The summed E-state index contributed by atoms with van der Waals surface area (Å²) in [5, 5.41) is 0.812. The van der Waals surface area contributed by atoms with E-state index >= 15 is 0 Å². The summed E-state index contributed by atoms with van der Waals surface area (Å²) < 4.78 is 0.885. The average molecular weight is 306 g/mol. The predicted octanol–water partition coefficient (Wildman–Crippen LogP) is 3.94. The third-order valence-electron chi connectivity index (χ3n) is 1.81. The van der Waals surface area contributed by atoms with Crippen LogP contribution in [0.3, 0.4) is 0 Å². The zero-order valence-electron chi connectivity index (χ0n) is 7.31. The second kappa shape index (κ2) is 4.91. The van der Waals surface area contributed by atoms with Gasteiger partial charge in [0.2, 0.25) is 0 Å². The first-order chi connectivity index (χ1) is 6.19. The summed E-state index contributed by atoms with van der Waals surface area (Å²) >= 11 is 6.75. The van der Waals surface area contributed by atoms with Gasteiger partial charge in [0, 0.05) is 21.8 Å². The first-order valence-corrected chi connectivity index (χ1v) is 5.98. The van der Waals surface area contributed by atoms with Gasteiger partial charge in [0.05, 0.1) is 0 Å². The van der Waals surface area contributed by atoms with Crippen LogP contribution >= 0.6 is 31.9 Å². The van der Waals surface area contributed by atoms with Gasteiger partial charge in [0.25, 0.3) is 0 Å². The number of hydrogen-bond acceptors (Lipinski definition) is 1. The molecule has 1 aromatic carbocycles. The molecule has 0 aliphatic heterocycles. The standard InChI is InChI=1S/C10H10Br2O/c1-2-10(13)8-4-3-7(6-11)5-9(8)12/h3-5H,2,6H2,1H3. The maximum Gasteiger partial charge on any atom is 0.163 e. The van der Waals surface area contributed by atoms with Gasteiger partial charge in [-0.1, -0.05) is 44.8 Å². The van der Waals surface area contributed by atoms with Crippen LogP contribution in [0.5, 0.6) is 0 Å². The second-order valence-electron chi connectivity index (χ2n) is 2.72. The Morgan fingerprint density at radius 2 is 2.15 bits per heavy atom. The van der Waals surface area contributed by atoms with E-state index in [4.69, 9.17) is 0 Å². The minimum atomic E-state index is 0.174. The van der Waals surface area contributed by atoms with E-state index in [0.29, 0.717) is 6.42 Å². The highest BCUT2D eigenvalue weighted by molar-refractivity contribution is 9.10. The summed E-state index contributed by atoms with van der Waals surface area (Å²) in [5.41, 5.74) is 1.94. The van der Waals surface area contributed by atoms with Gasteiger partial charge in [-0.25, -0.2) is 0 Å². The van der Waals surface area contributed by atoms with Crippen molar-refractivity contribution in [2.75, 3.05) is 0 Å². The lowest BCUT2D eigenvalue weighted by molar-refractivity contribution is 0.0987. The number of carbonyl (C=O) groups is 1. The van der Waals surface area contributed by atoms with E-state index < -0.39 is 0 Å². The molecule has 0 aromatic heterocycles. The molecule has 13 heavy (non-hydrogen) atoms. The Morgan fingerprint density at radius 3 is 2.62 bits per heavy atom. The predicted molar refractivity (Wildman–Crippen MR) is 61.4 cm³/mol. The van der Waals surface area contributed by atoms with Crippen LogP contribution in [0.2, 0.25) is 0 Å². The van der Waals surface area contributed by atoms with Crippen molar-refractivity contribution in [3.63, 3.8) is 0 Å². The van der Waals surface area contributed by atoms with Gasteiger partial charge in [-0.05, 0) is 17.7 Å². The van der Waals surface area contributed by atoms with Crippen molar-refractivity contribution in [2.24, 2.45) is 0 Å². The number of hydrogen-bond donors (Lipinski definition) is 0. The van der Waals surface area contributed by atoms with Crippen LogP contribution in [-0.4, -0.2) is 5.78 Å². The number of rotatable bonds is 3. The smallest absolute Gasteiger partial charge is 0.163 e. The van der Waals surface area contributed by atoms with Gasteiger partial charge in [-0.3, -0.25) is 4.79 Å². The molecule has 0 saturated carbocycles.